The van der Waals surface area contributed by atoms with Crippen LogP contribution in [0.4, 0.5) is 13.2 Å². The summed E-state index contributed by atoms with van der Waals surface area (Å²) < 4.78 is 69.4. The second-order valence-corrected chi connectivity index (χ2v) is 6.35. The molecule has 2 heterocycles. The van der Waals surface area contributed by atoms with Gasteiger partial charge in [-0.3, -0.25) is 9.23 Å². The monoisotopic (exact) mass is 312 g/mol. The predicted octanol–water partition coefficient (Wildman–Crippen LogP) is 2.41. The Morgan fingerprint density at radius 1 is 1.37 bits per heavy atom. The fourth-order valence-electron chi connectivity index (χ4n) is 1.56. The van der Waals surface area contributed by atoms with Gasteiger partial charge in [-0.15, -0.1) is 11.3 Å². The van der Waals surface area contributed by atoms with E-state index in [1.807, 2.05) is 0 Å². The van der Waals surface area contributed by atoms with Crippen molar-refractivity contribution in [2.45, 2.75) is 10.4 Å². The molecule has 2 aromatic rings. The van der Waals surface area contributed by atoms with Crippen molar-refractivity contribution in [1.29, 1.82) is 0 Å². The summed E-state index contributed by atoms with van der Waals surface area (Å²) in [5.74, 6) is 0. The molecule has 0 saturated carbocycles. The average Bonchev–Trinajstić information content (AvgIpc) is 2.79. The van der Waals surface area contributed by atoms with E-state index < -0.39 is 26.2 Å². The van der Waals surface area contributed by atoms with Gasteiger partial charge in [0.25, 0.3) is 0 Å². The molecular formula is C9H7F3N2O3S2. The van der Waals surface area contributed by atoms with Crippen molar-refractivity contribution >= 4 is 21.5 Å². The Balaban J connectivity index is 2.58. The fourth-order valence-corrected chi connectivity index (χ4v) is 3.24. The van der Waals surface area contributed by atoms with Crippen molar-refractivity contribution in [3.8, 4) is 10.4 Å². The predicted molar refractivity (Wildman–Crippen MR) is 61.3 cm³/mol. The standard InChI is InChI=1S/C9H7F3N2O3S2/c1-14-8(9(10,11)12)5(4-13-14)6-2-3-7(18-6)19(15,16)17/h2-4H,1H3,(H,15,16,17). The van der Waals surface area contributed by atoms with Crippen molar-refractivity contribution in [1.82, 2.24) is 9.78 Å². The van der Waals surface area contributed by atoms with E-state index in [1.165, 1.54) is 6.07 Å². The van der Waals surface area contributed by atoms with Crippen LogP contribution in [0.2, 0.25) is 0 Å². The molecular weight excluding hydrogens is 305 g/mol. The zero-order chi connectivity index (χ0) is 14.4. The number of alkyl halides is 3. The highest BCUT2D eigenvalue weighted by molar-refractivity contribution is 7.88. The maximum Gasteiger partial charge on any atom is 0.433 e. The summed E-state index contributed by atoms with van der Waals surface area (Å²) in [6, 6.07) is 2.24. The van der Waals surface area contributed by atoms with Gasteiger partial charge in [0, 0.05) is 17.5 Å². The molecule has 0 aliphatic heterocycles. The van der Waals surface area contributed by atoms with E-state index in [-0.39, 0.29) is 10.4 Å². The summed E-state index contributed by atoms with van der Waals surface area (Å²) in [6.07, 6.45) is -3.61. The van der Waals surface area contributed by atoms with Gasteiger partial charge in [0.2, 0.25) is 0 Å². The van der Waals surface area contributed by atoms with Gasteiger partial charge in [-0.1, -0.05) is 0 Å². The van der Waals surface area contributed by atoms with Crippen molar-refractivity contribution in [2.24, 2.45) is 7.05 Å². The number of rotatable bonds is 2. The van der Waals surface area contributed by atoms with Crippen molar-refractivity contribution in [2.75, 3.05) is 0 Å². The van der Waals surface area contributed by atoms with Crippen LogP contribution in [-0.4, -0.2) is 22.8 Å². The summed E-state index contributed by atoms with van der Waals surface area (Å²) in [4.78, 5) is 0.0630. The molecule has 104 valence electrons. The lowest BCUT2D eigenvalue weighted by molar-refractivity contribution is -0.143. The van der Waals surface area contributed by atoms with Crippen molar-refractivity contribution < 1.29 is 26.1 Å². The van der Waals surface area contributed by atoms with Crippen LogP contribution in [0.25, 0.3) is 10.4 Å². The van der Waals surface area contributed by atoms with E-state index in [9.17, 15) is 21.6 Å². The third kappa shape index (κ3) is 2.65. The summed E-state index contributed by atoms with van der Waals surface area (Å²) in [5.41, 5.74) is -1.20. The molecule has 0 aromatic carbocycles. The average molecular weight is 312 g/mol. The molecule has 1 N–H and O–H groups in total. The Morgan fingerprint density at radius 3 is 2.47 bits per heavy atom. The number of halogens is 3. The lowest BCUT2D eigenvalue weighted by Crippen LogP contribution is -2.12. The topological polar surface area (TPSA) is 72.2 Å². The van der Waals surface area contributed by atoms with Crippen molar-refractivity contribution in [3.63, 3.8) is 0 Å². The van der Waals surface area contributed by atoms with E-state index in [0.717, 1.165) is 19.3 Å². The minimum atomic E-state index is -4.61. The summed E-state index contributed by atoms with van der Waals surface area (Å²) in [7, 11) is -3.28. The highest BCUT2D eigenvalue weighted by Gasteiger charge is 2.38. The number of hydrogen-bond donors (Lipinski definition) is 1. The molecule has 2 aromatic heterocycles. The molecule has 0 amide bonds. The Labute approximate surface area is 110 Å². The van der Waals surface area contributed by atoms with Crippen LogP contribution in [0.5, 0.6) is 0 Å². The Bertz CT molecular complexity index is 715. The minimum absolute atomic E-state index is 0.0630. The minimum Gasteiger partial charge on any atom is -0.281 e. The Kier molecular flexibility index (Phi) is 3.19. The first kappa shape index (κ1) is 14.0. The molecule has 0 bridgehead atoms. The van der Waals surface area contributed by atoms with Gasteiger partial charge in [0.1, 0.15) is 4.21 Å². The maximum atomic E-state index is 12.8. The summed E-state index contributed by atoms with van der Waals surface area (Å²) in [5, 5.41) is 3.52. The van der Waals surface area contributed by atoms with Gasteiger partial charge < -0.3 is 0 Å². The number of aromatic nitrogens is 2. The van der Waals surface area contributed by atoms with Gasteiger partial charge in [-0.05, 0) is 12.1 Å². The van der Waals surface area contributed by atoms with Gasteiger partial charge >= 0.3 is 16.3 Å². The first-order chi connectivity index (χ1) is 8.60. The van der Waals surface area contributed by atoms with Crippen molar-refractivity contribution in [3.05, 3.63) is 24.0 Å². The molecule has 0 aliphatic carbocycles. The number of thiophene rings is 1. The number of hydrogen-bond acceptors (Lipinski definition) is 4. The van der Waals surface area contributed by atoms with Crippen LogP contribution in [0.1, 0.15) is 5.69 Å². The van der Waals surface area contributed by atoms with E-state index in [2.05, 4.69) is 5.10 Å². The SMILES string of the molecule is Cn1ncc(-c2ccc(S(=O)(=O)O)s2)c1C(F)(F)F. The molecule has 0 aliphatic rings. The number of aryl methyl sites for hydroxylation is 1. The quantitative estimate of drug-likeness (QED) is 0.864. The summed E-state index contributed by atoms with van der Waals surface area (Å²) in [6.45, 7) is 0. The molecule has 0 atom stereocenters. The van der Waals surface area contributed by atoms with Gasteiger partial charge in [0.15, 0.2) is 5.69 Å². The first-order valence-electron chi connectivity index (χ1n) is 4.77. The van der Waals surface area contributed by atoms with Gasteiger partial charge in [-0.2, -0.15) is 26.7 Å². The van der Waals surface area contributed by atoms with Gasteiger partial charge in [0.05, 0.1) is 6.20 Å². The van der Waals surface area contributed by atoms with E-state index in [0.29, 0.717) is 16.0 Å². The second-order valence-electron chi connectivity index (χ2n) is 3.62. The molecule has 0 spiro atoms. The van der Waals surface area contributed by atoms with Crippen LogP contribution >= 0.6 is 11.3 Å². The molecule has 2 rings (SSSR count). The number of nitrogens with zero attached hydrogens (tertiary/aromatic N) is 2. The Morgan fingerprint density at radius 2 is 2.00 bits per heavy atom. The van der Waals surface area contributed by atoms with Crippen LogP contribution in [0.15, 0.2) is 22.5 Å². The van der Waals surface area contributed by atoms with Crippen LogP contribution in [0.3, 0.4) is 0 Å². The third-order valence-electron chi connectivity index (χ3n) is 2.31. The molecule has 0 radical (unpaired) electrons. The molecule has 10 heteroatoms. The molecule has 0 unspecified atom stereocenters. The lowest BCUT2D eigenvalue weighted by Gasteiger charge is -2.08. The highest BCUT2D eigenvalue weighted by Crippen LogP contribution is 2.39. The smallest absolute Gasteiger partial charge is 0.281 e. The van der Waals surface area contributed by atoms with Crippen LogP contribution in [0, 0.1) is 0 Å². The fraction of sp³-hybridized carbons (Fsp3) is 0.222. The van der Waals surface area contributed by atoms with E-state index in [1.54, 1.807) is 0 Å². The van der Waals surface area contributed by atoms with E-state index in [4.69, 9.17) is 4.55 Å². The molecule has 0 fully saturated rings. The second kappa shape index (κ2) is 4.32. The third-order valence-corrected chi connectivity index (χ3v) is 4.75. The van der Waals surface area contributed by atoms with Gasteiger partial charge in [-0.25, -0.2) is 0 Å². The normalized spacial score (nSPS) is 12.9. The zero-order valence-corrected chi connectivity index (χ0v) is 11.0. The van der Waals surface area contributed by atoms with E-state index >= 15 is 0 Å². The molecule has 19 heavy (non-hydrogen) atoms. The Hall–Kier alpha value is -1.39. The van der Waals surface area contributed by atoms with Crippen LogP contribution < -0.4 is 0 Å². The zero-order valence-electron chi connectivity index (χ0n) is 9.34. The highest BCUT2D eigenvalue weighted by atomic mass is 32.3. The largest absolute Gasteiger partial charge is 0.433 e. The van der Waals surface area contributed by atoms with Crippen LogP contribution in [-0.2, 0) is 23.3 Å². The first-order valence-corrected chi connectivity index (χ1v) is 7.03. The molecule has 0 saturated heterocycles. The molecule has 5 nitrogen and oxygen atoms in total. The maximum absolute atomic E-state index is 12.8. The summed E-state index contributed by atoms with van der Waals surface area (Å²) >= 11 is 0.545. The lowest BCUT2D eigenvalue weighted by atomic mass is 10.2.